The molecular formula is C38H31N4-. The maximum absolute atomic E-state index is 5.19. The molecule has 4 nitrogen and oxygen atoms in total. The van der Waals surface area contributed by atoms with Crippen molar-refractivity contribution in [2.75, 3.05) is 5.32 Å². The zero-order valence-electron chi connectivity index (χ0n) is 23.2. The number of rotatable bonds is 4. The number of amidine groups is 1. The van der Waals surface area contributed by atoms with Crippen LogP contribution in [0.3, 0.4) is 0 Å². The highest BCUT2D eigenvalue weighted by Gasteiger charge is 2.28. The minimum Gasteiger partial charge on any atom is -0.448 e. The molecule has 42 heavy (non-hydrogen) atoms. The van der Waals surface area contributed by atoms with Crippen molar-refractivity contribution in [3.63, 3.8) is 0 Å². The molecular weight excluding hydrogens is 512 g/mol. The van der Waals surface area contributed by atoms with Gasteiger partial charge in [0.05, 0.1) is 6.04 Å². The van der Waals surface area contributed by atoms with Gasteiger partial charge in [-0.15, -0.1) is 0 Å². The van der Waals surface area contributed by atoms with E-state index in [1.54, 1.807) is 0 Å². The van der Waals surface area contributed by atoms with Crippen LogP contribution in [0.25, 0.3) is 27.2 Å². The van der Waals surface area contributed by atoms with E-state index in [0.29, 0.717) is 0 Å². The summed E-state index contributed by atoms with van der Waals surface area (Å²) in [5.41, 5.74) is 8.52. The van der Waals surface area contributed by atoms with Gasteiger partial charge in [-0.2, -0.15) is 0 Å². The first kappa shape index (κ1) is 24.8. The summed E-state index contributed by atoms with van der Waals surface area (Å²) in [4.78, 5) is 5.09. The van der Waals surface area contributed by atoms with Crippen LogP contribution in [0.2, 0.25) is 0 Å². The van der Waals surface area contributed by atoms with Gasteiger partial charge in [0.1, 0.15) is 0 Å². The largest absolute Gasteiger partial charge is 0.448 e. The number of fused-ring (bicyclic) bond motifs is 5. The Morgan fingerprint density at radius 3 is 2.43 bits per heavy atom. The van der Waals surface area contributed by atoms with E-state index in [1.165, 1.54) is 33.0 Å². The second kappa shape index (κ2) is 10.5. The van der Waals surface area contributed by atoms with E-state index in [9.17, 15) is 0 Å². The molecule has 0 saturated heterocycles. The van der Waals surface area contributed by atoms with E-state index < -0.39 is 0 Å². The molecule has 0 fully saturated rings. The van der Waals surface area contributed by atoms with Crippen LogP contribution in [0, 0.1) is 5.92 Å². The van der Waals surface area contributed by atoms with E-state index in [-0.39, 0.29) is 24.3 Å². The highest BCUT2D eigenvalue weighted by atomic mass is 15.3. The molecule has 4 atom stereocenters. The Kier molecular flexibility index (Phi) is 6.19. The van der Waals surface area contributed by atoms with Gasteiger partial charge in [-0.05, 0) is 57.0 Å². The van der Waals surface area contributed by atoms with Gasteiger partial charge in [-0.3, -0.25) is 0 Å². The third-order valence-corrected chi connectivity index (χ3v) is 8.59. The Balaban J connectivity index is 1.19. The van der Waals surface area contributed by atoms with Crippen molar-refractivity contribution in [1.29, 1.82) is 0 Å². The van der Waals surface area contributed by atoms with Gasteiger partial charge in [-0.1, -0.05) is 139 Å². The molecule has 2 aliphatic heterocycles. The molecule has 0 radical (unpaired) electrons. The second-order valence-electron chi connectivity index (χ2n) is 11.2. The summed E-state index contributed by atoms with van der Waals surface area (Å²) in [5.74, 6) is 1.09. The molecule has 5 aromatic rings. The van der Waals surface area contributed by atoms with Crippen molar-refractivity contribution in [1.82, 2.24) is 5.32 Å². The smallest absolute Gasteiger partial charge is 0.0774 e. The second-order valence-corrected chi connectivity index (χ2v) is 11.2. The van der Waals surface area contributed by atoms with E-state index in [2.05, 4.69) is 144 Å². The predicted molar refractivity (Wildman–Crippen MR) is 174 cm³/mol. The number of hydrogen-bond donors (Lipinski definition) is 2. The van der Waals surface area contributed by atoms with Gasteiger partial charge < -0.3 is 20.9 Å². The zero-order valence-corrected chi connectivity index (χ0v) is 23.2. The number of para-hydroxylation sites is 1. The number of anilines is 1. The van der Waals surface area contributed by atoms with Crippen molar-refractivity contribution >= 4 is 22.3 Å². The first-order chi connectivity index (χ1) is 20.8. The van der Waals surface area contributed by atoms with E-state index in [4.69, 9.17) is 10.3 Å². The van der Waals surface area contributed by atoms with Crippen LogP contribution in [0.15, 0.2) is 145 Å². The molecule has 2 N–H and O–H groups in total. The van der Waals surface area contributed by atoms with Gasteiger partial charge >= 0.3 is 0 Å². The van der Waals surface area contributed by atoms with Gasteiger partial charge in [-0.25, -0.2) is 0 Å². The molecule has 0 spiro atoms. The summed E-state index contributed by atoms with van der Waals surface area (Å²) >= 11 is 0. The van der Waals surface area contributed by atoms with Crippen LogP contribution in [-0.4, -0.2) is 5.84 Å². The summed E-state index contributed by atoms with van der Waals surface area (Å²) in [6.45, 7) is 0. The Morgan fingerprint density at radius 1 is 0.714 bits per heavy atom. The molecule has 2 heterocycles. The summed E-state index contributed by atoms with van der Waals surface area (Å²) in [7, 11) is 0. The number of nitrogens with zero attached hydrogens (tertiary/aromatic N) is 2. The third kappa shape index (κ3) is 4.41. The zero-order chi connectivity index (χ0) is 27.9. The van der Waals surface area contributed by atoms with Crippen molar-refractivity contribution in [2.24, 2.45) is 10.9 Å². The molecule has 3 aliphatic rings. The standard InChI is InChI=1S/C38H31N4/c1-3-13-26(14-4-1)36-40-37(27-15-5-2-6-16-27)42-38(41-36)29-18-11-17-28(24-29)35-32-23-22-25-12-7-8-19-30(25)34(32)31-20-9-10-21-33(31)39-35/h1-15,17-24,27,35-36,38-39,41H,16H2/q-1. The Labute approximate surface area is 246 Å². The van der Waals surface area contributed by atoms with Crippen LogP contribution in [0.4, 0.5) is 5.69 Å². The van der Waals surface area contributed by atoms with Crippen molar-refractivity contribution in [2.45, 2.75) is 24.8 Å². The van der Waals surface area contributed by atoms with Gasteiger partial charge in [0, 0.05) is 23.6 Å². The van der Waals surface area contributed by atoms with Crippen molar-refractivity contribution < 1.29 is 0 Å². The molecule has 1 aliphatic carbocycles. The van der Waals surface area contributed by atoms with Gasteiger partial charge in [0.25, 0.3) is 0 Å². The molecule has 8 rings (SSSR count). The monoisotopic (exact) mass is 543 g/mol. The fraction of sp³-hybridized carbons (Fsp3) is 0.132. The highest BCUT2D eigenvalue weighted by molar-refractivity contribution is 6.03. The van der Waals surface area contributed by atoms with Crippen LogP contribution < -0.4 is 10.6 Å². The number of benzene rings is 5. The van der Waals surface area contributed by atoms with E-state index >= 15 is 0 Å². The lowest BCUT2D eigenvalue weighted by atomic mass is 9.83. The lowest BCUT2D eigenvalue weighted by molar-refractivity contribution is 0.481. The van der Waals surface area contributed by atoms with E-state index in [0.717, 1.165) is 29.1 Å². The maximum Gasteiger partial charge on any atom is 0.0774 e. The Morgan fingerprint density at radius 2 is 1.52 bits per heavy atom. The molecule has 0 aromatic heterocycles. The molecule has 5 aromatic carbocycles. The highest BCUT2D eigenvalue weighted by Crippen LogP contribution is 2.46. The minimum atomic E-state index is -0.200. The van der Waals surface area contributed by atoms with Crippen molar-refractivity contribution in [3.8, 4) is 11.1 Å². The normalized spacial score (nSPS) is 22.4. The number of allylic oxidation sites excluding steroid dienone is 3. The number of nitrogens with one attached hydrogen (secondary N) is 2. The molecule has 0 bridgehead atoms. The number of aliphatic imine (C=N–C) groups is 1. The van der Waals surface area contributed by atoms with Gasteiger partial charge in [0.2, 0.25) is 0 Å². The van der Waals surface area contributed by atoms with Crippen LogP contribution >= 0.6 is 0 Å². The predicted octanol–water partition coefficient (Wildman–Crippen LogP) is 9.23. The Hall–Kier alpha value is -4.93. The molecule has 4 unspecified atom stereocenters. The van der Waals surface area contributed by atoms with Crippen LogP contribution in [0.5, 0.6) is 0 Å². The average Bonchev–Trinajstić information content (AvgIpc) is 3.08. The fourth-order valence-corrected chi connectivity index (χ4v) is 6.52. The summed E-state index contributed by atoms with van der Waals surface area (Å²) in [6, 6.07) is 41.3. The van der Waals surface area contributed by atoms with Crippen LogP contribution in [0.1, 0.15) is 47.0 Å². The third-order valence-electron chi connectivity index (χ3n) is 8.59. The average molecular weight is 544 g/mol. The molecule has 0 saturated carbocycles. The van der Waals surface area contributed by atoms with Crippen LogP contribution in [-0.2, 0) is 0 Å². The number of hydrogen-bond acceptors (Lipinski definition) is 3. The topological polar surface area (TPSA) is 50.5 Å². The quantitative estimate of drug-likeness (QED) is 0.237. The lowest BCUT2D eigenvalue weighted by Gasteiger charge is -2.43. The Bertz CT molecular complexity index is 1870. The molecule has 204 valence electrons. The first-order valence-corrected chi connectivity index (χ1v) is 14.7. The fourth-order valence-electron chi connectivity index (χ4n) is 6.52. The van der Waals surface area contributed by atoms with E-state index in [1.807, 2.05) is 6.07 Å². The maximum atomic E-state index is 5.19. The summed E-state index contributed by atoms with van der Waals surface area (Å²) in [6.07, 6.45) is 9.19. The van der Waals surface area contributed by atoms with Crippen molar-refractivity contribution in [3.05, 3.63) is 167 Å². The van der Waals surface area contributed by atoms with Gasteiger partial charge in [0.15, 0.2) is 0 Å². The first-order valence-electron chi connectivity index (χ1n) is 14.7. The summed E-state index contributed by atoms with van der Waals surface area (Å²) < 4.78 is 0. The minimum absolute atomic E-state index is 0.0209. The summed E-state index contributed by atoms with van der Waals surface area (Å²) in [5, 5.41) is 15.3. The lowest BCUT2D eigenvalue weighted by Crippen LogP contribution is -2.34. The molecule has 4 heteroatoms. The SMILES string of the molecule is C1=CCC(C2=NC(c3ccccc3)NC(c3cccc(C4Nc5ccccc5-c5c4ccc4ccccc54)c3)[N-]2)C=C1. The molecule has 0 amide bonds.